The molecule has 0 atom stereocenters. The number of urea groups is 1. The van der Waals surface area contributed by atoms with Crippen molar-refractivity contribution in [2.45, 2.75) is 44.1 Å². The maximum atomic E-state index is 13.7. The molecule has 4 bridgehead atoms. The van der Waals surface area contributed by atoms with E-state index in [0.29, 0.717) is 24.7 Å². The Hall–Kier alpha value is -3.81. The minimum atomic E-state index is 0.000226. The van der Waals surface area contributed by atoms with Gasteiger partial charge in [-0.2, -0.15) is 4.98 Å². The normalized spacial score (nSPS) is 27.1. The second-order valence-corrected chi connectivity index (χ2v) is 11.4. The number of nitrogens with one attached hydrogen (secondary N) is 1. The van der Waals surface area contributed by atoms with Crippen LogP contribution >= 0.6 is 0 Å². The van der Waals surface area contributed by atoms with E-state index in [4.69, 9.17) is 9.47 Å². The zero-order valence-electron chi connectivity index (χ0n) is 21.7. The number of carbonyl (C=O) groups excluding carboxylic acids is 1. The maximum absolute atomic E-state index is 13.7. The molecule has 4 aliphatic carbocycles. The Labute approximate surface area is 223 Å². The summed E-state index contributed by atoms with van der Waals surface area (Å²) in [5.41, 5.74) is 3.02. The SMILES string of the molecule is COc1ccnc(Oc2ccc(N3CCN(C(=O)NC45CC6CC(CC(C6)C4)C5)c4ccccc43)cc2)n1. The van der Waals surface area contributed by atoms with Crippen LogP contribution in [0.15, 0.2) is 60.8 Å². The van der Waals surface area contributed by atoms with Crippen LogP contribution in [0, 0.1) is 17.8 Å². The third-order valence-corrected chi connectivity index (χ3v) is 8.84. The van der Waals surface area contributed by atoms with Gasteiger partial charge in [0.2, 0.25) is 5.88 Å². The molecule has 8 nitrogen and oxygen atoms in total. The van der Waals surface area contributed by atoms with Crippen molar-refractivity contribution in [3.05, 3.63) is 60.8 Å². The summed E-state index contributed by atoms with van der Waals surface area (Å²) in [6.07, 6.45) is 9.17. The van der Waals surface area contributed by atoms with Crippen LogP contribution in [-0.2, 0) is 0 Å². The summed E-state index contributed by atoms with van der Waals surface area (Å²) in [7, 11) is 1.56. The molecular weight excluding hydrogens is 478 g/mol. The highest BCUT2D eigenvalue weighted by Gasteiger charge is 2.52. The summed E-state index contributed by atoms with van der Waals surface area (Å²) < 4.78 is 11.0. The Morgan fingerprint density at radius 2 is 1.61 bits per heavy atom. The summed E-state index contributed by atoms with van der Waals surface area (Å²) in [5.74, 6) is 3.49. The number of fused-ring (bicyclic) bond motifs is 1. The molecule has 196 valence electrons. The number of nitrogens with zero attached hydrogens (tertiary/aromatic N) is 4. The fourth-order valence-corrected chi connectivity index (χ4v) is 7.69. The number of rotatable bonds is 5. The van der Waals surface area contributed by atoms with Crippen molar-refractivity contribution in [1.82, 2.24) is 15.3 Å². The molecular formula is C30H33N5O3. The summed E-state index contributed by atoms with van der Waals surface area (Å²) in [6, 6.07) is 18.0. The summed E-state index contributed by atoms with van der Waals surface area (Å²) >= 11 is 0. The van der Waals surface area contributed by atoms with E-state index in [0.717, 1.165) is 54.1 Å². The number of carbonyl (C=O) groups is 1. The van der Waals surface area contributed by atoms with Crippen LogP contribution < -0.4 is 24.6 Å². The lowest BCUT2D eigenvalue weighted by Gasteiger charge is -2.57. The number of hydrogen-bond acceptors (Lipinski definition) is 6. The summed E-state index contributed by atoms with van der Waals surface area (Å²) in [6.45, 7) is 1.34. The second-order valence-electron chi connectivity index (χ2n) is 11.4. The van der Waals surface area contributed by atoms with Crippen LogP contribution in [0.5, 0.6) is 17.6 Å². The van der Waals surface area contributed by atoms with Crippen LogP contribution in [0.1, 0.15) is 38.5 Å². The minimum absolute atomic E-state index is 0.000226. The van der Waals surface area contributed by atoms with Crippen molar-refractivity contribution in [2.75, 3.05) is 30.0 Å². The molecule has 8 rings (SSSR count). The fourth-order valence-electron chi connectivity index (χ4n) is 7.69. The number of hydrogen-bond donors (Lipinski definition) is 1. The predicted octanol–water partition coefficient (Wildman–Crippen LogP) is 5.91. The molecule has 3 aromatic rings. The molecule has 5 aliphatic rings. The van der Waals surface area contributed by atoms with Gasteiger partial charge in [0.1, 0.15) is 5.75 Å². The lowest BCUT2D eigenvalue weighted by molar-refractivity contribution is -0.0131. The van der Waals surface area contributed by atoms with E-state index in [9.17, 15) is 4.79 Å². The van der Waals surface area contributed by atoms with Gasteiger partial charge in [0.15, 0.2) is 0 Å². The number of aromatic nitrogens is 2. The van der Waals surface area contributed by atoms with Crippen LogP contribution in [0.25, 0.3) is 0 Å². The molecule has 4 fully saturated rings. The van der Waals surface area contributed by atoms with E-state index >= 15 is 0 Å². The van der Waals surface area contributed by atoms with E-state index in [1.807, 2.05) is 41.3 Å². The number of benzene rings is 2. The first-order valence-corrected chi connectivity index (χ1v) is 13.7. The lowest BCUT2D eigenvalue weighted by atomic mass is 9.53. The first kappa shape index (κ1) is 23.3. The Kier molecular flexibility index (Phi) is 5.64. The second kappa shape index (κ2) is 9.19. The van der Waals surface area contributed by atoms with E-state index in [1.54, 1.807) is 19.4 Å². The zero-order chi connectivity index (χ0) is 25.7. The zero-order valence-corrected chi connectivity index (χ0v) is 21.7. The van der Waals surface area contributed by atoms with Gasteiger partial charge in [-0.15, -0.1) is 0 Å². The lowest BCUT2D eigenvalue weighted by Crippen LogP contribution is -2.62. The highest BCUT2D eigenvalue weighted by Crippen LogP contribution is 2.55. The average molecular weight is 512 g/mol. The molecule has 1 aromatic heterocycles. The van der Waals surface area contributed by atoms with Crippen molar-refractivity contribution >= 4 is 23.1 Å². The molecule has 2 aromatic carbocycles. The van der Waals surface area contributed by atoms with Crippen molar-refractivity contribution < 1.29 is 14.3 Å². The molecule has 8 heteroatoms. The summed E-state index contributed by atoms with van der Waals surface area (Å²) in [4.78, 5) is 26.3. The quantitative estimate of drug-likeness (QED) is 0.459. The number of methoxy groups -OCH3 is 1. The minimum Gasteiger partial charge on any atom is -0.481 e. The van der Waals surface area contributed by atoms with Gasteiger partial charge in [-0.3, -0.25) is 4.90 Å². The van der Waals surface area contributed by atoms with Crippen LogP contribution in [0.3, 0.4) is 0 Å². The van der Waals surface area contributed by atoms with Crippen molar-refractivity contribution in [3.8, 4) is 17.6 Å². The van der Waals surface area contributed by atoms with Crippen LogP contribution in [-0.4, -0.2) is 41.7 Å². The number of ether oxygens (including phenoxy) is 2. The fraction of sp³-hybridized carbons (Fsp3) is 0.433. The smallest absolute Gasteiger partial charge is 0.325 e. The molecule has 38 heavy (non-hydrogen) atoms. The Morgan fingerprint density at radius 3 is 2.29 bits per heavy atom. The van der Waals surface area contributed by atoms with Crippen molar-refractivity contribution in [1.29, 1.82) is 0 Å². The van der Waals surface area contributed by atoms with Gasteiger partial charge >= 0.3 is 12.0 Å². The van der Waals surface area contributed by atoms with Crippen molar-refractivity contribution in [2.24, 2.45) is 17.8 Å². The van der Waals surface area contributed by atoms with Gasteiger partial charge in [0, 0.05) is 36.6 Å². The van der Waals surface area contributed by atoms with Gasteiger partial charge < -0.3 is 19.7 Å². The molecule has 1 N–H and O–H groups in total. The third kappa shape index (κ3) is 4.22. The largest absolute Gasteiger partial charge is 0.481 e. The predicted molar refractivity (Wildman–Crippen MR) is 145 cm³/mol. The van der Waals surface area contributed by atoms with E-state index in [-0.39, 0.29) is 17.6 Å². The Bertz CT molecular complexity index is 1310. The first-order chi connectivity index (χ1) is 18.6. The standard InChI is InChI=1S/C30H33N5O3/c1-37-27-10-11-31-28(32-27)38-24-8-6-23(7-9-24)34-12-13-35(26-5-3-2-4-25(26)34)29(36)33-30-17-20-14-21(18-30)16-22(15-20)19-30/h2-11,20-22H,12-19H2,1H3,(H,33,36). The average Bonchev–Trinajstić information content (AvgIpc) is 2.92. The van der Waals surface area contributed by atoms with Gasteiger partial charge in [-0.25, -0.2) is 9.78 Å². The van der Waals surface area contributed by atoms with Gasteiger partial charge in [-0.05, 0) is 92.7 Å². The summed E-state index contributed by atoms with van der Waals surface area (Å²) in [5, 5.41) is 3.56. The Morgan fingerprint density at radius 1 is 0.921 bits per heavy atom. The molecule has 2 amide bonds. The molecule has 4 saturated carbocycles. The maximum Gasteiger partial charge on any atom is 0.325 e. The molecule has 0 saturated heterocycles. The van der Waals surface area contributed by atoms with Gasteiger partial charge in [0.05, 0.1) is 18.5 Å². The first-order valence-electron chi connectivity index (χ1n) is 13.7. The molecule has 1 aliphatic heterocycles. The van der Waals surface area contributed by atoms with Gasteiger partial charge in [-0.1, -0.05) is 12.1 Å². The number of para-hydroxylation sites is 2. The highest BCUT2D eigenvalue weighted by molar-refractivity contribution is 5.98. The van der Waals surface area contributed by atoms with Gasteiger partial charge in [0.25, 0.3) is 0 Å². The van der Waals surface area contributed by atoms with E-state index in [2.05, 4.69) is 32.3 Å². The molecule has 2 heterocycles. The highest BCUT2D eigenvalue weighted by atomic mass is 16.5. The molecule has 0 unspecified atom stereocenters. The van der Waals surface area contributed by atoms with Crippen LogP contribution in [0.2, 0.25) is 0 Å². The monoisotopic (exact) mass is 511 g/mol. The van der Waals surface area contributed by atoms with E-state index in [1.165, 1.54) is 19.3 Å². The van der Waals surface area contributed by atoms with Crippen LogP contribution in [0.4, 0.5) is 21.9 Å². The Balaban J connectivity index is 1.08. The third-order valence-electron chi connectivity index (χ3n) is 8.84. The number of anilines is 3. The topological polar surface area (TPSA) is 79.8 Å². The molecule has 0 radical (unpaired) electrons. The number of amides is 2. The van der Waals surface area contributed by atoms with Crippen molar-refractivity contribution in [3.63, 3.8) is 0 Å². The van der Waals surface area contributed by atoms with E-state index < -0.39 is 0 Å². The molecule has 0 spiro atoms.